The van der Waals surface area contributed by atoms with Gasteiger partial charge in [0, 0.05) is 31.0 Å². The van der Waals surface area contributed by atoms with E-state index in [1.807, 2.05) is 43.3 Å². The van der Waals surface area contributed by atoms with Crippen LogP contribution in [0.1, 0.15) is 12.0 Å². The third-order valence-corrected chi connectivity index (χ3v) is 3.86. The molecule has 0 fully saturated rings. The number of hydrogen-bond acceptors (Lipinski definition) is 2. The number of benzene rings is 2. The van der Waals surface area contributed by atoms with Gasteiger partial charge in [0.1, 0.15) is 0 Å². The zero-order valence-corrected chi connectivity index (χ0v) is 12.4. The number of aryl methyl sites for hydroxylation is 2. The number of ether oxygens (including phenoxy) is 1. The molecule has 3 aromatic rings. The summed E-state index contributed by atoms with van der Waals surface area (Å²) in [6, 6.07) is 13.9. The summed E-state index contributed by atoms with van der Waals surface area (Å²) in [5.74, 6) is 0. The number of rotatable bonds is 4. The lowest BCUT2D eigenvalue weighted by atomic mass is 10.1. The van der Waals surface area contributed by atoms with Gasteiger partial charge in [0.15, 0.2) is 5.43 Å². The molecule has 0 bridgehead atoms. The predicted molar refractivity (Wildman–Crippen MR) is 86.9 cm³/mol. The van der Waals surface area contributed by atoms with E-state index >= 15 is 0 Å². The highest BCUT2D eigenvalue weighted by molar-refractivity contribution is 5.93. The first kappa shape index (κ1) is 13.8. The third kappa shape index (κ3) is 2.45. The molecular formula is C18H19NO2. The Morgan fingerprint density at radius 3 is 2.62 bits per heavy atom. The van der Waals surface area contributed by atoms with Crippen LogP contribution >= 0.6 is 0 Å². The average molecular weight is 281 g/mol. The number of pyridine rings is 1. The fourth-order valence-corrected chi connectivity index (χ4v) is 2.85. The van der Waals surface area contributed by atoms with Crippen molar-refractivity contribution in [1.29, 1.82) is 0 Å². The van der Waals surface area contributed by atoms with Gasteiger partial charge in [0.2, 0.25) is 0 Å². The highest BCUT2D eigenvalue weighted by Crippen LogP contribution is 2.20. The summed E-state index contributed by atoms with van der Waals surface area (Å²) in [5, 5.41) is 1.58. The summed E-state index contributed by atoms with van der Waals surface area (Å²) in [7, 11) is 1.71. The van der Waals surface area contributed by atoms with Gasteiger partial charge in [-0.2, -0.15) is 0 Å². The maximum Gasteiger partial charge on any atom is 0.197 e. The van der Waals surface area contributed by atoms with Gasteiger partial charge in [-0.1, -0.05) is 23.8 Å². The van der Waals surface area contributed by atoms with Crippen molar-refractivity contribution >= 4 is 21.8 Å². The van der Waals surface area contributed by atoms with Gasteiger partial charge in [-0.05, 0) is 37.6 Å². The van der Waals surface area contributed by atoms with Crippen LogP contribution < -0.4 is 5.43 Å². The molecule has 3 rings (SSSR count). The Bertz CT molecular complexity index is 849. The molecule has 2 aromatic carbocycles. The Labute approximate surface area is 123 Å². The smallest absolute Gasteiger partial charge is 0.197 e. The molecule has 0 N–H and O–H groups in total. The van der Waals surface area contributed by atoms with Crippen LogP contribution in [0.4, 0.5) is 0 Å². The van der Waals surface area contributed by atoms with Crippen molar-refractivity contribution in [3.63, 3.8) is 0 Å². The topological polar surface area (TPSA) is 31.2 Å². The summed E-state index contributed by atoms with van der Waals surface area (Å²) in [6.45, 7) is 3.57. The number of nitrogens with zero attached hydrogens (tertiary/aromatic N) is 1. The quantitative estimate of drug-likeness (QED) is 0.541. The molecule has 0 atom stereocenters. The van der Waals surface area contributed by atoms with Gasteiger partial charge in [-0.3, -0.25) is 4.79 Å². The summed E-state index contributed by atoms with van der Waals surface area (Å²) in [4.78, 5) is 12.7. The second-order valence-corrected chi connectivity index (χ2v) is 5.36. The van der Waals surface area contributed by atoms with E-state index in [4.69, 9.17) is 4.74 Å². The van der Waals surface area contributed by atoms with Gasteiger partial charge in [0.25, 0.3) is 0 Å². The minimum atomic E-state index is 0.118. The molecule has 1 heterocycles. The molecule has 0 aliphatic rings. The van der Waals surface area contributed by atoms with E-state index in [9.17, 15) is 4.79 Å². The van der Waals surface area contributed by atoms with E-state index in [-0.39, 0.29) is 5.43 Å². The SMILES string of the molecule is COCCCn1c2ccccc2c(=O)c2cc(C)ccc21. The van der Waals surface area contributed by atoms with E-state index in [0.29, 0.717) is 6.61 Å². The molecule has 3 nitrogen and oxygen atoms in total. The molecule has 1 aromatic heterocycles. The van der Waals surface area contributed by atoms with E-state index in [0.717, 1.165) is 40.3 Å². The zero-order chi connectivity index (χ0) is 14.8. The zero-order valence-electron chi connectivity index (χ0n) is 12.4. The molecule has 108 valence electrons. The molecule has 0 radical (unpaired) electrons. The normalized spacial score (nSPS) is 11.3. The highest BCUT2D eigenvalue weighted by Gasteiger charge is 2.10. The minimum absolute atomic E-state index is 0.118. The van der Waals surface area contributed by atoms with Crippen LogP contribution in [0.2, 0.25) is 0 Å². The highest BCUT2D eigenvalue weighted by atomic mass is 16.5. The minimum Gasteiger partial charge on any atom is -0.385 e. The number of aromatic nitrogens is 1. The number of hydrogen-bond donors (Lipinski definition) is 0. The van der Waals surface area contributed by atoms with Crippen LogP contribution in [0.3, 0.4) is 0 Å². The molecule has 0 spiro atoms. The third-order valence-electron chi connectivity index (χ3n) is 3.86. The van der Waals surface area contributed by atoms with E-state index in [1.54, 1.807) is 7.11 Å². The van der Waals surface area contributed by atoms with Crippen LogP contribution in [0.25, 0.3) is 21.8 Å². The first-order valence-electron chi connectivity index (χ1n) is 7.23. The molecule has 0 amide bonds. The number of para-hydroxylation sites is 1. The van der Waals surface area contributed by atoms with Gasteiger partial charge in [0.05, 0.1) is 11.0 Å². The summed E-state index contributed by atoms with van der Waals surface area (Å²) < 4.78 is 7.38. The fraction of sp³-hybridized carbons (Fsp3) is 0.278. The van der Waals surface area contributed by atoms with Crippen LogP contribution in [0.15, 0.2) is 47.3 Å². The number of fused-ring (bicyclic) bond motifs is 2. The molecule has 21 heavy (non-hydrogen) atoms. The summed E-state index contributed by atoms with van der Waals surface area (Å²) in [6.07, 6.45) is 0.923. The Kier molecular flexibility index (Phi) is 3.76. The Hall–Kier alpha value is -2.13. The van der Waals surface area contributed by atoms with Gasteiger partial charge in [-0.25, -0.2) is 0 Å². The van der Waals surface area contributed by atoms with Gasteiger partial charge < -0.3 is 9.30 Å². The molecule has 0 aliphatic heterocycles. The van der Waals surface area contributed by atoms with Crippen LogP contribution in [0, 0.1) is 6.92 Å². The Morgan fingerprint density at radius 2 is 1.81 bits per heavy atom. The molecule has 3 heteroatoms. The Balaban J connectivity index is 2.33. The average Bonchev–Trinajstić information content (AvgIpc) is 2.51. The molecule has 0 aliphatic carbocycles. The second-order valence-electron chi connectivity index (χ2n) is 5.36. The van der Waals surface area contributed by atoms with Crippen molar-refractivity contribution in [2.75, 3.05) is 13.7 Å². The van der Waals surface area contributed by atoms with E-state index in [1.165, 1.54) is 0 Å². The maximum atomic E-state index is 12.7. The second kappa shape index (κ2) is 5.70. The predicted octanol–water partition coefficient (Wildman–Crippen LogP) is 3.50. The van der Waals surface area contributed by atoms with Crippen molar-refractivity contribution in [3.8, 4) is 0 Å². The van der Waals surface area contributed by atoms with Crippen molar-refractivity contribution in [1.82, 2.24) is 4.57 Å². The summed E-state index contributed by atoms with van der Waals surface area (Å²) in [5.41, 5.74) is 3.22. The molecule has 0 saturated carbocycles. The first-order valence-corrected chi connectivity index (χ1v) is 7.23. The maximum absolute atomic E-state index is 12.7. The van der Waals surface area contributed by atoms with Crippen LogP contribution in [-0.2, 0) is 11.3 Å². The fourth-order valence-electron chi connectivity index (χ4n) is 2.85. The lowest BCUT2D eigenvalue weighted by molar-refractivity contribution is 0.191. The van der Waals surface area contributed by atoms with Crippen LogP contribution in [0.5, 0.6) is 0 Å². The molecular weight excluding hydrogens is 262 g/mol. The lowest BCUT2D eigenvalue weighted by Gasteiger charge is -2.15. The van der Waals surface area contributed by atoms with E-state index < -0.39 is 0 Å². The molecule has 0 unspecified atom stereocenters. The lowest BCUT2D eigenvalue weighted by Crippen LogP contribution is -2.12. The monoisotopic (exact) mass is 281 g/mol. The first-order chi connectivity index (χ1) is 10.2. The largest absolute Gasteiger partial charge is 0.385 e. The standard InChI is InChI=1S/C18H19NO2/c1-13-8-9-17-15(12-13)18(20)14-6-3-4-7-16(14)19(17)10-5-11-21-2/h3-4,6-9,12H,5,10-11H2,1-2H3. The summed E-state index contributed by atoms with van der Waals surface area (Å²) >= 11 is 0. The van der Waals surface area contributed by atoms with Crippen molar-refractivity contribution in [3.05, 3.63) is 58.3 Å². The van der Waals surface area contributed by atoms with Crippen molar-refractivity contribution in [2.24, 2.45) is 0 Å². The van der Waals surface area contributed by atoms with Crippen LogP contribution in [-0.4, -0.2) is 18.3 Å². The van der Waals surface area contributed by atoms with Gasteiger partial charge in [-0.15, -0.1) is 0 Å². The molecule has 0 saturated heterocycles. The Morgan fingerprint density at radius 1 is 1.05 bits per heavy atom. The van der Waals surface area contributed by atoms with Crippen molar-refractivity contribution < 1.29 is 4.74 Å². The number of methoxy groups -OCH3 is 1. The van der Waals surface area contributed by atoms with Crippen molar-refractivity contribution in [2.45, 2.75) is 19.9 Å². The van der Waals surface area contributed by atoms with E-state index in [2.05, 4.69) is 10.6 Å². The van der Waals surface area contributed by atoms with Gasteiger partial charge >= 0.3 is 0 Å².